The molecule has 0 bridgehead atoms. The molecular formula is C18H20N2O. The van der Waals surface area contributed by atoms with Crippen LogP contribution in [0.15, 0.2) is 48.5 Å². The average molecular weight is 280 g/mol. The Kier molecular flexibility index (Phi) is 4.02. The fraction of sp³-hybridized carbons (Fsp3) is 0.278. The molecule has 3 heteroatoms. The molecule has 21 heavy (non-hydrogen) atoms. The first kappa shape index (κ1) is 13.8. The van der Waals surface area contributed by atoms with Gasteiger partial charge in [0.25, 0.3) is 0 Å². The van der Waals surface area contributed by atoms with Gasteiger partial charge in [-0.15, -0.1) is 0 Å². The van der Waals surface area contributed by atoms with Gasteiger partial charge in [-0.2, -0.15) is 0 Å². The molecule has 108 valence electrons. The van der Waals surface area contributed by atoms with Crippen molar-refractivity contribution in [3.8, 4) is 11.1 Å². The van der Waals surface area contributed by atoms with Gasteiger partial charge in [-0.05, 0) is 30.0 Å². The maximum atomic E-state index is 11.9. The van der Waals surface area contributed by atoms with Crippen LogP contribution in [-0.4, -0.2) is 25.0 Å². The minimum Gasteiger partial charge on any atom is -0.353 e. The van der Waals surface area contributed by atoms with Gasteiger partial charge in [0, 0.05) is 13.1 Å². The number of hydrogen-bond acceptors (Lipinski definition) is 2. The maximum absolute atomic E-state index is 11.9. The number of carbonyl (C=O) groups excluding carboxylic acids is 1. The largest absolute Gasteiger partial charge is 0.353 e. The molecule has 1 aliphatic rings. The molecule has 0 radical (unpaired) electrons. The molecule has 0 saturated carbocycles. The zero-order chi connectivity index (χ0) is 14.7. The summed E-state index contributed by atoms with van der Waals surface area (Å²) in [7, 11) is 0. The molecular weight excluding hydrogens is 260 g/mol. The highest BCUT2D eigenvalue weighted by Crippen LogP contribution is 2.25. The molecule has 3 nitrogen and oxygen atoms in total. The molecule has 2 N–H and O–H groups in total. The molecule has 3 rings (SSSR count). The van der Waals surface area contributed by atoms with Gasteiger partial charge in [-0.1, -0.05) is 54.1 Å². The first-order valence-electron chi connectivity index (χ1n) is 7.40. The lowest BCUT2D eigenvalue weighted by molar-refractivity contribution is -0.124. The molecule has 0 aliphatic carbocycles. The van der Waals surface area contributed by atoms with Crippen LogP contribution in [0.3, 0.4) is 0 Å². The van der Waals surface area contributed by atoms with Gasteiger partial charge >= 0.3 is 0 Å². The van der Waals surface area contributed by atoms with Crippen LogP contribution in [0, 0.1) is 6.92 Å². The zero-order valence-electron chi connectivity index (χ0n) is 12.2. The summed E-state index contributed by atoms with van der Waals surface area (Å²) in [6.45, 7) is 3.65. The minimum absolute atomic E-state index is 0.0975. The van der Waals surface area contributed by atoms with Gasteiger partial charge < -0.3 is 10.6 Å². The predicted molar refractivity (Wildman–Crippen MR) is 85.1 cm³/mol. The standard InChI is InChI=1S/C18H20N2O/c1-13-5-4-7-14(11-13)16-8-3-2-6-15(16)12-17-18(21)20-10-9-19-17/h2-8,11,17,19H,9-10,12H2,1H3,(H,20,21)/t17-/m1/s1. The highest BCUT2D eigenvalue weighted by Gasteiger charge is 2.22. The molecule has 2 aromatic rings. The van der Waals surface area contributed by atoms with Crippen molar-refractivity contribution in [2.45, 2.75) is 19.4 Å². The number of aryl methyl sites for hydroxylation is 1. The molecule has 2 aromatic carbocycles. The molecule has 0 aromatic heterocycles. The summed E-state index contributed by atoms with van der Waals surface area (Å²) in [5.74, 6) is 0.0975. The van der Waals surface area contributed by atoms with Crippen molar-refractivity contribution < 1.29 is 4.79 Å². The molecule has 1 atom stereocenters. The van der Waals surface area contributed by atoms with Crippen molar-refractivity contribution in [3.63, 3.8) is 0 Å². The predicted octanol–water partition coefficient (Wildman–Crippen LogP) is 2.29. The van der Waals surface area contributed by atoms with Crippen LogP contribution >= 0.6 is 0 Å². The van der Waals surface area contributed by atoms with Crippen molar-refractivity contribution in [1.82, 2.24) is 10.6 Å². The molecule has 1 fully saturated rings. The Morgan fingerprint density at radius 1 is 1.10 bits per heavy atom. The van der Waals surface area contributed by atoms with E-state index in [0.29, 0.717) is 0 Å². The molecule has 1 amide bonds. The van der Waals surface area contributed by atoms with E-state index in [1.807, 2.05) is 6.07 Å². The van der Waals surface area contributed by atoms with Crippen LogP contribution < -0.4 is 10.6 Å². The number of carbonyl (C=O) groups is 1. The third kappa shape index (κ3) is 3.14. The van der Waals surface area contributed by atoms with Crippen molar-refractivity contribution >= 4 is 5.91 Å². The Morgan fingerprint density at radius 3 is 2.76 bits per heavy atom. The molecule has 0 spiro atoms. The lowest BCUT2D eigenvalue weighted by Crippen LogP contribution is -2.53. The second kappa shape index (κ2) is 6.10. The fourth-order valence-corrected chi connectivity index (χ4v) is 2.83. The topological polar surface area (TPSA) is 41.1 Å². The fourth-order valence-electron chi connectivity index (χ4n) is 2.83. The molecule has 0 unspecified atom stereocenters. The van der Waals surface area contributed by atoms with Gasteiger partial charge in [-0.25, -0.2) is 0 Å². The Bertz CT molecular complexity index is 651. The van der Waals surface area contributed by atoms with Crippen LogP contribution in [0.25, 0.3) is 11.1 Å². The molecule has 1 aliphatic heterocycles. The van der Waals surface area contributed by atoms with Gasteiger partial charge in [-0.3, -0.25) is 4.79 Å². The number of nitrogens with one attached hydrogen (secondary N) is 2. The third-order valence-corrected chi connectivity index (χ3v) is 3.90. The van der Waals surface area contributed by atoms with Crippen LogP contribution in [0.1, 0.15) is 11.1 Å². The van der Waals surface area contributed by atoms with Gasteiger partial charge in [0.1, 0.15) is 0 Å². The summed E-state index contributed by atoms with van der Waals surface area (Å²) < 4.78 is 0. The van der Waals surface area contributed by atoms with Crippen LogP contribution in [0.4, 0.5) is 0 Å². The van der Waals surface area contributed by atoms with Crippen molar-refractivity contribution in [3.05, 3.63) is 59.7 Å². The lowest BCUT2D eigenvalue weighted by atomic mass is 9.94. The Labute approximate surface area is 125 Å². The monoisotopic (exact) mass is 280 g/mol. The second-order valence-electron chi connectivity index (χ2n) is 5.53. The lowest BCUT2D eigenvalue weighted by Gasteiger charge is -2.24. The summed E-state index contributed by atoms with van der Waals surface area (Å²) in [6.07, 6.45) is 0.718. The summed E-state index contributed by atoms with van der Waals surface area (Å²) >= 11 is 0. The normalized spacial score (nSPS) is 18.3. The second-order valence-corrected chi connectivity index (χ2v) is 5.53. The van der Waals surface area contributed by atoms with Crippen LogP contribution in [-0.2, 0) is 11.2 Å². The quantitative estimate of drug-likeness (QED) is 0.905. The third-order valence-electron chi connectivity index (χ3n) is 3.90. The summed E-state index contributed by atoms with van der Waals surface area (Å²) in [6, 6.07) is 16.7. The minimum atomic E-state index is -0.135. The highest BCUT2D eigenvalue weighted by molar-refractivity contribution is 5.83. The summed E-state index contributed by atoms with van der Waals surface area (Å²) in [5, 5.41) is 6.21. The number of amides is 1. The van der Waals surface area contributed by atoms with Crippen molar-refractivity contribution in [1.29, 1.82) is 0 Å². The Balaban J connectivity index is 1.91. The van der Waals surface area contributed by atoms with Crippen LogP contribution in [0.5, 0.6) is 0 Å². The van der Waals surface area contributed by atoms with E-state index in [9.17, 15) is 4.79 Å². The molecule has 1 saturated heterocycles. The molecule has 1 heterocycles. The van der Waals surface area contributed by atoms with E-state index in [1.165, 1.54) is 22.3 Å². The number of hydrogen-bond donors (Lipinski definition) is 2. The smallest absolute Gasteiger partial charge is 0.237 e. The van der Waals surface area contributed by atoms with E-state index in [-0.39, 0.29) is 11.9 Å². The van der Waals surface area contributed by atoms with E-state index in [1.54, 1.807) is 0 Å². The van der Waals surface area contributed by atoms with Gasteiger partial charge in [0.05, 0.1) is 6.04 Å². The van der Waals surface area contributed by atoms with Crippen LogP contribution in [0.2, 0.25) is 0 Å². The highest BCUT2D eigenvalue weighted by atomic mass is 16.2. The Morgan fingerprint density at radius 2 is 1.95 bits per heavy atom. The summed E-state index contributed by atoms with van der Waals surface area (Å²) in [4.78, 5) is 11.9. The average Bonchev–Trinajstić information content (AvgIpc) is 2.50. The van der Waals surface area contributed by atoms with Crippen molar-refractivity contribution in [2.24, 2.45) is 0 Å². The van der Waals surface area contributed by atoms with E-state index in [2.05, 4.69) is 60.0 Å². The SMILES string of the molecule is Cc1cccc(-c2ccccc2C[C@H]2NCCNC2=O)c1. The number of rotatable bonds is 3. The first-order chi connectivity index (χ1) is 10.2. The van der Waals surface area contributed by atoms with E-state index in [4.69, 9.17) is 0 Å². The number of piperazine rings is 1. The van der Waals surface area contributed by atoms with E-state index in [0.717, 1.165) is 19.5 Å². The zero-order valence-corrected chi connectivity index (χ0v) is 12.2. The van der Waals surface area contributed by atoms with Gasteiger partial charge in [0.2, 0.25) is 5.91 Å². The first-order valence-corrected chi connectivity index (χ1v) is 7.40. The van der Waals surface area contributed by atoms with Crippen molar-refractivity contribution in [2.75, 3.05) is 13.1 Å². The van der Waals surface area contributed by atoms with Gasteiger partial charge in [0.15, 0.2) is 0 Å². The Hall–Kier alpha value is -2.13. The van der Waals surface area contributed by atoms with E-state index >= 15 is 0 Å². The maximum Gasteiger partial charge on any atom is 0.237 e. The number of benzene rings is 2. The van der Waals surface area contributed by atoms with E-state index < -0.39 is 0 Å². The summed E-state index contributed by atoms with van der Waals surface area (Å²) in [5.41, 5.74) is 4.87.